The van der Waals surface area contributed by atoms with Gasteiger partial charge in [-0.25, -0.2) is 0 Å². The van der Waals surface area contributed by atoms with Gasteiger partial charge in [0.25, 0.3) is 0 Å². The van der Waals surface area contributed by atoms with Crippen molar-refractivity contribution in [3.05, 3.63) is 30.3 Å². The Morgan fingerprint density at radius 3 is 1.70 bits per heavy atom. The van der Waals surface area contributed by atoms with Gasteiger partial charge >= 0.3 is 0 Å². The van der Waals surface area contributed by atoms with E-state index in [1.54, 1.807) is 0 Å². The van der Waals surface area contributed by atoms with Crippen molar-refractivity contribution in [3.63, 3.8) is 0 Å². The highest BCUT2D eigenvalue weighted by atomic mass is 36.0. The predicted octanol–water partition coefficient (Wildman–Crippen LogP) is 3.75. The molecule has 10 heavy (non-hydrogen) atoms. The lowest BCUT2D eigenvalue weighted by Gasteiger charge is -1.81. The first-order valence-electron chi connectivity index (χ1n) is 2.44. The Balaban J connectivity index is 0.000000236. The van der Waals surface area contributed by atoms with Crippen LogP contribution in [0, 0.1) is 0 Å². The van der Waals surface area contributed by atoms with Crippen LogP contribution in [0.4, 0.5) is 0 Å². The van der Waals surface area contributed by atoms with Crippen LogP contribution in [0.15, 0.2) is 30.3 Å². The molecule has 0 unspecified atom stereocenters. The molecule has 0 bridgehead atoms. The van der Waals surface area contributed by atoms with E-state index in [0.29, 0.717) is 10.2 Å². The molecule has 0 atom stereocenters. The highest BCUT2D eigenvalue weighted by Crippen LogP contribution is 2.08. The van der Waals surface area contributed by atoms with Crippen LogP contribution in [0.5, 0.6) is 0 Å². The molecule has 0 aromatic heterocycles. The van der Waals surface area contributed by atoms with Crippen molar-refractivity contribution in [2.75, 3.05) is 0 Å². The molecule has 0 spiro atoms. The second-order valence-electron chi connectivity index (χ2n) is 1.39. The molecule has 1 aromatic rings. The SMILES string of the molecule is ClSCl.[P]c1ccccc1. The topological polar surface area (TPSA) is 0 Å². The Labute approximate surface area is 76.5 Å². The molecular weight excluding hydrogens is 206 g/mol. The number of hydrogen-bond acceptors (Lipinski definition) is 1. The molecule has 0 amide bonds. The van der Waals surface area contributed by atoms with Crippen molar-refractivity contribution in [1.29, 1.82) is 0 Å². The summed E-state index contributed by atoms with van der Waals surface area (Å²) in [6, 6.07) is 9.79. The van der Waals surface area contributed by atoms with Gasteiger partial charge < -0.3 is 0 Å². The summed E-state index contributed by atoms with van der Waals surface area (Å²) in [7, 11) is 14.1. The van der Waals surface area contributed by atoms with Gasteiger partial charge in [0.15, 0.2) is 0 Å². The second kappa shape index (κ2) is 7.68. The maximum Gasteiger partial charge on any atom is 0.0523 e. The van der Waals surface area contributed by atoms with Gasteiger partial charge in [0, 0.05) is 0 Å². The molecular formula is C6H5Cl2PS. The molecule has 0 nitrogen and oxygen atoms in total. The molecule has 0 heterocycles. The van der Waals surface area contributed by atoms with Crippen LogP contribution in [-0.4, -0.2) is 0 Å². The molecule has 54 valence electrons. The van der Waals surface area contributed by atoms with Crippen LogP contribution in [0.25, 0.3) is 0 Å². The van der Waals surface area contributed by atoms with Crippen molar-refractivity contribution in [2.45, 2.75) is 0 Å². The first kappa shape index (κ1) is 10.6. The summed E-state index contributed by atoms with van der Waals surface area (Å²) in [5.41, 5.74) is 0. The van der Waals surface area contributed by atoms with E-state index in [4.69, 9.17) is 0 Å². The van der Waals surface area contributed by atoms with Gasteiger partial charge in [-0.1, -0.05) is 30.3 Å². The molecule has 0 aliphatic rings. The molecule has 0 saturated heterocycles. The molecule has 2 radical (unpaired) electrons. The number of halogens is 2. The highest BCUT2D eigenvalue weighted by Gasteiger charge is 1.73. The maximum atomic E-state index is 4.68. The fraction of sp³-hybridized carbons (Fsp3) is 0. The molecule has 0 saturated carbocycles. The summed E-state index contributed by atoms with van der Waals surface area (Å²) >= 11 is 0. The maximum absolute atomic E-state index is 4.68. The van der Waals surface area contributed by atoms with Crippen LogP contribution >= 0.6 is 40.8 Å². The van der Waals surface area contributed by atoms with E-state index in [1.807, 2.05) is 30.3 Å². The average Bonchev–Trinajstić information content (AvgIpc) is 1.91. The van der Waals surface area contributed by atoms with Gasteiger partial charge in [-0.2, -0.15) is 0 Å². The Kier molecular flexibility index (Phi) is 8.13. The summed E-state index contributed by atoms with van der Waals surface area (Å²) in [6.07, 6.45) is 0. The molecule has 0 N–H and O–H groups in total. The minimum atomic E-state index is 0.694. The molecule has 1 aromatic carbocycles. The summed E-state index contributed by atoms with van der Waals surface area (Å²) in [5, 5.41) is 1.02. The lowest BCUT2D eigenvalue weighted by atomic mass is 10.4. The lowest BCUT2D eigenvalue weighted by molar-refractivity contribution is 1.78. The third-order valence-electron chi connectivity index (χ3n) is 0.756. The van der Waals surface area contributed by atoms with Crippen LogP contribution in [0.1, 0.15) is 0 Å². The molecule has 4 heteroatoms. The summed E-state index contributed by atoms with van der Waals surface area (Å²) in [5.74, 6) is 0. The summed E-state index contributed by atoms with van der Waals surface area (Å²) in [6.45, 7) is 0. The van der Waals surface area contributed by atoms with Crippen molar-refractivity contribution in [3.8, 4) is 0 Å². The van der Waals surface area contributed by atoms with Gasteiger partial charge in [0.05, 0.1) is 10.2 Å². The fourth-order valence-electron chi connectivity index (χ4n) is 0.428. The number of hydrogen-bond donors (Lipinski definition) is 0. The van der Waals surface area contributed by atoms with E-state index in [-0.39, 0.29) is 0 Å². The van der Waals surface area contributed by atoms with E-state index in [0.717, 1.165) is 5.30 Å². The van der Waals surface area contributed by atoms with E-state index >= 15 is 0 Å². The quantitative estimate of drug-likeness (QED) is 0.589. The zero-order chi connectivity index (χ0) is 7.82. The van der Waals surface area contributed by atoms with Gasteiger partial charge in [-0.3, -0.25) is 0 Å². The largest absolute Gasteiger partial charge is 0.0622 e. The molecule has 1 rings (SSSR count). The van der Waals surface area contributed by atoms with Gasteiger partial charge in [-0.05, 0) is 35.9 Å². The molecule has 0 fully saturated rings. The minimum Gasteiger partial charge on any atom is -0.0622 e. The monoisotopic (exact) mass is 210 g/mol. The van der Waals surface area contributed by atoms with Gasteiger partial charge in [-0.15, -0.1) is 0 Å². The third-order valence-corrected chi connectivity index (χ3v) is 1.05. The highest BCUT2D eigenvalue weighted by molar-refractivity contribution is 8.38. The van der Waals surface area contributed by atoms with Crippen molar-refractivity contribution < 1.29 is 0 Å². The normalized spacial score (nSPS) is 7.90. The van der Waals surface area contributed by atoms with Crippen LogP contribution in [0.2, 0.25) is 0 Å². The number of benzene rings is 1. The van der Waals surface area contributed by atoms with Crippen molar-refractivity contribution in [1.82, 2.24) is 0 Å². The average molecular weight is 211 g/mol. The second-order valence-corrected chi connectivity index (χ2v) is 3.43. The van der Waals surface area contributed by atoms with Crippen LogP contribution in [-0.2, 0) is 0 Å². The number of rotatable bonds is 0. The predicted molar refractivity (Wildman–Crippen MR) is 52.3 cm³/mol. The van der Waals surface area contributed by atoms with Gasteiger partial charge in [0.1, 0.15) is 0 Å². The van der Waals surface area contributed by atoms with Crippen molar-refractivity contribution >= 4 is 46.1 Å². The molecule has 0 aliphatic heterocycles. The first-order valence-corrected chi connectivity index (χ1v) is 5.36. The minimum absolute atomic E-state index is 0.694. The van der Waals surface area contributed by atoms with E-state index < -0.39 is 0 Å². The van der Waals surface area contributed by atoms with Gasteiger partial charge in [0.2, 0.25) is 0 Å². The van der Waals surface area contributed by atoms with E-state index in [1.165, 1.54) is 0 Å². The summed E-state index contributed by atoms with van der Waals surface area (Å²) in [4.78, 5) is 0. The van der Waals surface area contributed by atoms with Crippen LogP contribution in [0.3, 0.4) is 0 Å². The third kappa shape index (κ3) is 6.70. The Hall–Kier alpha value is 0.580. The standard InChI is InChI=1S/C6H5P.Cl2S/c7-6-4-2-1-3-5-6;1-3-2/h1-5H;. The zero-order valence-electron chi connectivity index (χ0n) is 5.00. The Morgan fingerprint density at radius 2 is 1.50 bits per heavy atom. The lowest BCUT2D eigenvalue weighted by Crippen LogP contribution is -1.82. The Bertz CT molecular complexity index is 157. The Morgan fingerprint density at radius 1 is 1.10 bits per heavy atom. The smallest absolute Gasteiger partial charge is 0.0523 e. The zero-order valence-corrected chi connectivity index (χ0v) is 8.22. The molecule has 0 aliphatic carbocycles. The van der Waals surface area contributed by atoms with E-state index in [2.05, 4.69) is 30.6 Å². The van der Waals surface area contributed by atoms with Crippen molar-refractivity contribution in [2.24, 2.45) is 0 Å². The first-order chi connectivity index (χ1) is 4.81. The fourth-order valence-corrected chi connectivity index (χ4v) is 0.600. The van der Waals surface area contributed by atoms with E-state index in [9.17, 15) is 0 Å². The summed E-state index contributed by atoms with van der Waals surface area (Å²) < 4.78 is 0. The van der Waals surface area contributed by atoms with Crippen LogP contribution < -0.4 is 5.30 Å².